The summed E-state index contributed by atoms with van der Waals surface area (Å²) in [6.45, 7) is 3.30. The number of hydrogen-bond donors (Lipinski definition) is 0. The highest BCUT2D eigenvalue weighted by molar-refractivity contribution is 6.42. The molecule has 1 saturated carbocycles. The standard InChI is InChI=1S/C25H30Cl2N4O2/c1-16-23(25(32)30-13-5-6-18(30)15-33-19-7-3-2-4-8-19)24(31-22(29-16)11-12-28-31)17-9-10-20(26)21(27)14-17/h9-12,14,18-19,23-24H,2-8,13,15H2,1H3/t18-,23?,24?/m0/s1. The van der Waals surface area contributed by atoms with Gasteiger partial charge in [0.05, 0.1) is 41.0 Å². The van der Waals surface area contributed by atoms with Gasteiger partial charge in [0.15, 0.2) is 5.82 Å². The molecule has 1 saturated heterocycles. The van der Waals surface area contributed by atoms with E-state index < -0.39 is 5.92 Å². The van der Waals surface area contributed by atoms with Crippen LogP contribution in [0.2, 0.25) is 10.0 Å². The Morgan fingerprint density at radius 2 is 1.91 bits per heavy atom. The SMILES string of the molecule is CC1=Nc2ccnn2C(c2ccc(Cl)c(Cl)c2)C1C(=O)N1CCC[C@H]1COC1CCCCC1. The van der Waals surface area contributed by atoms with E-state index in [0.29, 0.717) is 22.8 Å². The summed E-state index contributed by atoms with van der Waals surface area (Å²) >= 11 is 12.5. The van der Waals surface area contributed by atoms with Gasteiger partial charge in [-0.3, -0.25) is 4.79 Å². The Balaban J connectivity index is 1.41. The first-order chi connectivity index (χ1) is 16.0. The van der Waals surface area contributed by atoms with E-state index in [4.69, 9.17) is 32.9 Å². The molecule has 8 heteroatoms. The van der Waals surface area contributed by atoms with E-state index in [0.717, 1.165) is 49.3 Å². The number of halogens is 2. The molecule has 2 fully saturated rings. The number of fused-ring (bicyclic) bond motifs is 1. The molecule has 2 aromatic rings. The summed E-state index contributed by atoms with van der Waals surface area (Å²) in [6, 6.07) is 7.20. The van der Waals surface area contributed by atoms with E-state index in [2.05, 4.69) is 5.10 Å². The van der Waals surface area contributed by atoms with Gasteiger partial charge in [-0.1, -0.05) is 48.5 Å². The number of hydrogen-bond acceptors (Lipinski definition) is 4. The molecule has 2 aliphatic heterocycles. The second kappa shape index (κ2) is 9.77. The number of nitrogens with zero attached hydrogens (tertiary/aromatic N) is 4. The Morgan fingerprint density at radius 1 is 1.09 bits per heavy atom. The van der Waals surface area contributed by atoms with Crippen molar-refractivity contribution < 1.29 is 9.53 Å². The van der Waals surface area contributed by atoms with Crippen molar-refractivity contribution in [1.82, 2.24) is 14.7 Å². The molecule has 1 amide bonds. The highest BCUT2D eigenvalue weighted by Crippen LogP contribution is 2.39. The number of benzene rings is 1. The average Bonchev–Trinajstić information content (AvgIpc) is 3.48. The lowest BCUT2D eigenvalue weighted by Crippen LogP contribution is -2.47. The molecule has 0 N–H and O–H groups in total. The zero-order valence-electron chi connectivity index (χ0n) is 18.9. The van der Waals surface area contributed by atoms with E-state index in [1.807, 2.05) is 34.7 Å². The van der Waals surface area contributed by atoms with Gasteiger partial charge in [0.1, 0.15) is 5.92 Å². The van der Waals surface area contributed by atoms with Gasteiger partial charge in [-0.15, -0.1) is 0 Å². The van der Waals surface area contributed by atoms with Crippen molar-refractivity contribution >= 4 is 40.6 Å². The Labute approximate surface area is 204 Å². The molecule has 0 radical (unpaired) electrons. The van der Waals surface area contributed by atoms with Crippen molar-refractivity contribution in [2.75, 3.05) is 13.2 Å². The quantitative estimate of drug-likeness (QED) is 0.530. The monoisotopic (exact) mass is 488 g/mol. The maximum absolute atomic E-state index is 14.0. The van der Waals surface area contributed by atoms with E-state index in [1.54, 1.807) is 12.3 Å². The summed E-state index contributed by atoms with van der Waals surface area (Å²) < 4.78 is 8.10. The first-order valence-corrected chi connectivity index (χ1v) is 12.7. The molecule has 2 unspecified atom stereocenters. The van der Waals surface area contributed by atoms with Crippen molar-refractivity contribution in [3.63, 3.8) is 0 Å². The Morgan fingerprint density at radius 3 is 2.70 bits per heavy atom. The number of ether oxygens (including phenoxy) is 1. The molecule has 33 heavy (non-hydrogen) atoms. The maximum atomic E-state index is 14.0. The number of rotatable bonds is 5. The van der Waals surface area contributed by atoms with Crippen LogP contribution >= 0.6 is 23.2 Å². The van der Waals surface area contributed by atoms with Crippen LogP contribution < -0.4 is 0 Å². The van der Waals surface area contributed by atoms with Gasteiger partial charge >= 0.3 is 0 Å². The molecule has 3 atom stereocenters. The number of carbonyl (C=O) groups is 1. The predicted octanol–water partition coefficient (Wildman–Crippen LogP) is 5.84. The Bertz CT molecular complexity index is 1050. The summed E-state index contributed by atoms with van der Waals surface area (Å²) in [7, 11) is 0. The number of aromatic nitrogens is 2. The fourth-order valence-corrected chi connectivity index (χ4v) is 5.84. The molecule has 1 aliphatic carbocycles. The molecule has 1 aromatic carbocycles. The lowest BCUT2D eigenvalue weighted by atomic mass is 9.87. The van der Waals surface area contributed by atoms with Gasteiger partial charge in [0.2, 0.25) is 5.91 Å². The van der Waals surface area contributed by atoms with E-state index in [9.17, 15) is 4.79 Å². The van der Waals surface area contributed by atoms with E-state index >= 15 is 0 Å². The summed E-state index contributed by atoms with van der Waals surface area (Å²) in [5.74, 6) is 0.374. The van der Waals surface area contributed by atoms with E-state index in [1.165, 1.54) is 19.3 Å². The number of aliphatic imine (C=N–C) groups is 1. The number of likely N-dealkylation sites (tertiary alicyclic amines) is 1. The highest BCUT2D eigenvalue weighted by Gasteiger charge is 2.43. The number of amides is 1. The number of carbonyl (C=O) groups excluding carboxylic acids is 1. The minimum atomic E-state index is -0.454. The lowest BCUT2D eigenvalue weighted by Gasteiger charge is -2.36. The molecule has 5 rings (SSSR count). The van der Waals surface area contributed by atoms with E-state index in [-0.39, 0.29) is 18.0 Å². The summed E-state index contributed by atoms with van der Waals surface area (Å²) in [4.78, 5) is 20.8. The summed E-state index contributed by atoms with van der Waals surface area (Å²) in [5.41, 5.74) is 1.69. The average molecular weight is 489 g/mol. The third kappa shape index (κ3) is 4.58. The predicted molar refractivity (Wildman–Crippen MR) is 131 cm³/mol. The first-order valence-electron chi connectivity index (χ1n) is 12.0. The molecule has 3 heterocycles. The molecular weight excluding hydrogens is 459 g/mol. The fourth-order valence-electron chi connectivity index (χ4n) is 5.53. The van der Waals surface area contributed by atoms with Crippen LogP contribution in [-0.4, -0.2) is 51.6 Å². The van der Waals surface area contributed by atoms with Crippen molar-refractivity contribution in [2.24, 2.45) is 10.9 Å². The smallest absolute Gasteiger partial charge is 0.234 e. The Hall–Kier alpha value is -1.89. The zero-order valence-corrected chi connectivity index (χ0v) is 20.4. The van der Waals surface area contributed by atoms with Crippen LogP contribution in [0.15, 0.2) is 35.5 Å². The minimum absolute atomic E-state index is 0.0863. The fraction of sp³-hybridized carbons (Fsp3) is 0.560. The highest BCUT2D eigenvalue weighted by atomic mass is 35.5. The second-order valence-corrected chi connectivity index (χ2v) is 10.2. The molecule has 0 spiro atoms. The molecule has 1 aromatic heterocycles. The van der Waals surface area contributed by atoms with Crippen LogP contribution in [0.4, 0.5) is 5.82 Å². The largest absolute Gasteiger partial charge is 0.376 e. The second-order valence-electron chi connectivity index (χ2n) is 9.40. The third-order valence-electron chi connectivity index (χ3n) is 7.26. The van der Waals surface area contributed by atoms with Crippen LogP contribution in [0, 0.1) is 5.92 Å². The summed E-state index contributed by atoms with van der Waals surface area (Å²) in [6.07, 6.45) is 10.1. The van der Waals surface area contributed by atoms with Crippen LogP contribution in [0.3, 0.4) is 0 Å². The van der Waals surface area contributed by atoms with Gasteiger partial charge < -0.3 is 9.64 Å². The normalized spacial score (nSPS) is 25.7. The van der Waals surface area contributed by atoms with Crippen LogP contribution in [0.5, 0.6) is 0 Å². The third-order valence-corrected chi connectivity index (χ3v) is 8.00. The summed E-state index contributed by atoms with van der Waals surface area (Å²) in [5, 5.41) is 5.47. The van der Waals surface area contributed by atoms with Crippen LogP contribution in [-0.2, 0) is 9.53 Å². The van der Waals surface area contributed by atoms with Crippen molar-refractivity contribution in [2.45, 2.75) is 70.1 Å². The zero-order chi connectivity index (χ0) is 22.9. The topological polar surface area (TPSA) is 59.7 Å². The van der Waals surface area contributed by atoms with Gasteiger partial charge in [-0.2, -0.15) is 5.10 Å². The van der Waals surface area contributed by atoms with Gasteiger partial charge in [0.25, 0.3) is 0 Å². The van der Waals surface area contributed by atoms with Gasteiger partial charge in [0, 0.05) is 18.3 Å². The molecule has 176 valence electrons. The van der Waals surface area contributed by atoms with Gasteiger partial charge in [-0.25, -0.2) is 9.67 Å². The Kier molecular flexibility index (Phi) is 6.77. The van der Waals surface area contributed by atoms with Crippen LogP contribution in [0.1, 0.15) is 63.5 Å². The van der Waals surface area contributed by atoms with Crippen LogP contribution in [0.25, 0.3) is 0 Å². The molecular formula is C25H30Cl2N4O2. The molecule has 0 bridgehead atoms. The van der Waals surface area contributed by atoms with Crippen molar-refractivity contribution in [1.29, 1.82) is 0 Å². The first kappa shape index (κ1) is 22.9. The minimum Gasteiger partial charge on any atom is -0.376 e. The van der Waals surface area contributed by atoms with Gasteiger partial charge in [-0.05, 0) is 50.3 Å². The van der Waals surface area contributed by atoms with Crippen molar-refractivity contribution in [3.05, 3.63) is 46.1 Å². The maximum Gasteiger partial charge on any atom is 0.234 e. The lowest BCUT2D eigenvalue weighted by molar-refractivity contribution is -0.137. The van der Waals surface area contributed by atoms with Crippen molar-refractivity contribution in [3.8, 4) is 0 Å². The molecule has 3 aliphatic rings. The molecule has 6 nitrogen and oxygen atoms in total.